The van der Waals surface area contributed by atoms with Crippen LogP contribution in [0.4, 0.5) is 0 Å². The van der Waals surface area contributed by atoms with Crippen molar-refractivity contribution in [3.63, 3.8) is 0 Å². The number of rotatable bonds is 7. The lowest BCUT2D eigenvalue weighted by Crippen LogP contribution is -2.39. The number of nitrogens with zero attached hydrogens (tertiary/aromatic N) is 2. The molecule has 8 heteroatoms. The minimum Gasteiger partial charge on any atom is -0.357 e. The van der Waals surface area contributed by atoms with Gasteiger partial charge < -0.3 is 15.5 Å². The monoisotopic (exact) mass is 508 g/mol. The molecule has 2 rings (SSSR count). The highest BCUT2D eigenvalue weighted by molar-refractivity contribution is 14.0. The molecule has 1 atom stereocenters. The highest BCUT2D eigenvalue weighted by atomic mass is 127. The Balaban J connectivity index is 0.00000364. The van der Waals surface area contributed by atoms with Crippen molar-refractivity contribution in [3.8, 4) is 0 Å². The third kappa shape index (κ3) is 8.78. The second-order valence-electron chi connectivity index (χ2n) is 7.08. The summed E-state index contributed by atoms with van der Waals surface area (Å²) in [6.45, 7) is 6.82. The molecule has 0 aromatic heterocycles. The largest absolute Gasteiger partial charge is 0.357 e. The fraction of sp³-hybridized carbons (Fsp3) is 0.632. The van der Waals surface area contributed by atoms with Crippen LogP contribution in [0.5, 0.6) is 0 Å². The van der Waals surface area contributed by atoms with Crippen molar-refractivity contribution in [2.45, 2.75) is 31.1 Å². The molecule has 0 amide bonds. The van der Waals surface area contributed by atoms with Gasteiger partial charge in [0, 0.05) is 32.4 Å². The first kappa shape index (κ1) is 24.2. The van der Waals surface area contributed by atoms with Crippen molar-refractivity contribution < 1.29 is 8.42 Å². The smallest absolute Gasteiger partial charge is 0.191 e. The van der Waals surface area contributed by atoms with E-state index in [9.17, 15) is 8.42 Å². The van der Waals surface area contributed by atoms with Crippen LogP contribution in [0.2, 0.25) is 0 Å². The summed E-state index contributed by atoms with van der Waals surface area (Å²) >= 11 is 0. The maximum Gasteiger partial charge on any atom is 0.191 e. The van der Waals surface area contributed by atoms with Crippen LogP contribution in [-0.4, -0.2) is 65.3 Å². The molecule has 1 heterocycles. The van der Waals surface area contributed by atoms with Crippen LogP contribution in [0, 0.1) is 5.92 Å². The second-order valence-corrected chi connectivity index (χ2v) is 9.10. The molecule has 1 aliphatic rings. The molecule has 0 spiro atoms. The first-order valence-corrected chi connectivity index (χ1v) is 11.3. The topological polar surface area (TPSA) is 73.8 Å². The predicted octanol–water partition coefficient (Wildman–Crippen LogP) is 2.15. The van der Waals surface area contributed by atoms with Crippen LogP contribution < -0.4 is 10.6 Å². The van der Waals surface area contributed by atoms with Crippen molar-refractivity contribution in [2.75, 3.05) is 46.0 Å². The SMILES string of the molecule is CCNC(=NCC1CCCN(C)C1)NCCc1ccc(S(C)(=O)=O)cc1.I. The van der Waals surface area contributed by atoms with Gasteiger partial charge in [-0.05, 0) is 63.4 Å². The zero-order valence-electron chi connectivity index (χ0n) is 16.6. The molecule has 1 unspecified atom stereocenters. The second kappa shape index (κ2) is 11.9. The van der Waals surface area contributed by atoms with Crippen LogP contribution in [-0.2, 0) is 16.3 Å². The van der Waals surface area contributed by atoms with Gasteiger partial charge >= 0.3 is 0 Å². The number of piperidine rings is 1. The number of hydrogen-bond donors (Lipinski definition) is 2. The van der Waals surface area contributed by atoms with Gasteiger partial charge in [0.2, 0.25) is 0 Å². The third-order valence-electron chi connectivity index (χ3n) is 4.63. The van der Waals surface area contributed by atoms with Crippen LogP contribution in [0.3, 0.4) is 0 Å². The summed E-state index contributed by atoms with van der Waals surface area (Å²) in [6, 6.07) is 7.09. The lowest BCUT2D eigenvalue weighted by molar-refractivity contribution is 0.214. The summed E-state index contributed by atoms with van der Waals surface area (Å²) in [7, 11) is -0.956. The molecule has 0 saturated carbocycles. The van der Waals surface area contributed by atoms with Gasteiger partial charge in [0.25, 0.3) is 0 Å². The maximum absolute atomic E-state index is 11.5. The van der Waals surface area contributed by atoms with E-state index in [2.05, 4.69) is 29.5 Å². The van der Waals surface area contributed by atoms with Crippen molar-refractivity contribution in [1.82, 2.24) is 15.5 Å². The molecule has 0 bridgehead atoms. The van der Waals surface area contributed by atoms with E-state index in [1.54, 1.807) is 12.1 Å². The molecule has 0 aliphatic carbocycles. The number of benzene rings is 1. The molecule has 6 nitrogen and oxygen atoms in total. The van der Waals surface area contributed by atoms with E-state index in [4.69, 9.17) is 4.99 Å². The van der Waals surface area contributed by atoms with E-state index in [-0.39, 0.29) is 24.0 Å². The average molecular weight is 508 g/mol. The number of halogens is 1. The van der Waals surface area contributed by atoms with Gasteiger partial charge in [0.15, 0.2) is 15.8 Å². The summed E-state index contributed by atoms with van der Waals surface area (Å²) < 4.78 is 23.0. The zero-order chi connectivity index (χ0) is 19.0. The van der Waals surface area contributed by atoms with Crippen LogP contribution in [0.1, 0.15) is 25.3 Å². The molecule has 0 radical (unpaired) electrons. The van der Waals surface area contributed by atoms with Crippen LogP contribution in [0.15, 0.2) is 34.2 Å². The Kier molecular flexibility index (Phi) is 10.6. The number of likely N-dealkylation sites (tertiary alicyclic amines) is 1. The van der Waals surface area contributed by atoms with E-state index < -0.39 is 9.84 Å². The van der Waals surface area contributed by atoms with E-state index in [0.29, 0.717) is 10.8 Å². The summed E-state index contributed by atoms with van der Waals surface area (Å²) in [5.41, 5.74) is 1.11. The summed E-state index contributed by atoms with van der Waals surface area (Å²) in [6.07, 6.45) is 4.55. The van der Waals surface area contributed by atoms with Crippen LogP contribution in [0.25, 0.3) is 0 Å². The van der Waals surface area contributed by atoms with E-state index in [1.165, 1.54) is 25.6 Å². The van der Waals surface area contributed by atoms with E-state index >= 15 is 0 Å². The van der Waals surface area contributed by atoms with Gasteiger partial charge in [-0.1, -0.05) is 12.1 Å². The Bertz CT molecular complexity index is 692. The molecule has 1 aromatic carbocycles. The Hall–Kier alpha value is -0.870. The Labute approximate surface area is 181 Å². The zero-order valence-corrected chi connectivity index (χ0v) is 19.7. The number of nitrogens with one attached hydrogen (secondary N) is 2. The number of aliphatic imine (C=N–C) groups is 1. The number of sulfone groups is 1. The molecular weight excluding hydrogens is 475 g/mol. The average Bonchev–Trinajstić information content (AvgIpc) is 2.59. The highest BCUT2D eigenvalue weighted by Gasteiger charge is 2.16. The highest BCUT2D eigenvalue weighted by Crippen LogP contribution is 2.15. The minimum absolute atomic E-state index is 0. The molecule has 27 heavy (non-hydrogen) atoms. The minimum atomic E-state index is -3.13. The normalized spacial score (nSPS) is 18.6. The first-order chi connectivity index (χ1) is 12.4. The maximum atomic E-state index is 11.5. The Morgan fingerprint density at radius 1 is 1.26 bits per heavy atom. The van der Waals surface area contributed by atoms with Gasteiger partial charge in [0.05, 0.1) is 4.90 Å². The van der Waals surface area contributed by atoms with Crippen LogP contribution >= 0.6 is 24.0 Å². The molecule has 1 aliphatic heterocycles. The summed E-state index contributed by atoms with van der Waals surface area (Å²) in [5.74, 6) is 1.49. The quantitative estimate of drug-likeness (QED) is 0.336. The Morgan fingerprint density at radius 3 is 2.56 bits per heavy atom. The summed E-state index contributed by atoms with van der Waals surface area (Å²) in [5, 5.41) is 6.67. The van der Waals surface area contributed by atoms with Crippen molar-refractivity contribution in [3.05, 3.63) is 29.8 Å². The van der Waals surface area contributed by atoms with Crippen molar-refractivity contribution in [2.24, 2.45) is 10.9 Å². The van der Waals surface area contributed by atoms with E-state index in [0.717, 1.165) is 44.1 Å². The molecular formula is C19H33IN4O2S. The third-order valence-corrected chi connectivity index (χ3v) is 5.76. The van der Waals surface area contributed by atoms with Crippen molar-refractivity contribution in [1.29, 1.82) is 0 Å². The first-order valence-electron chi connectivity index (χ1n) is 9.38. The van der Waals surface area contributed by atoms with Gasteiger partial charge in [-0.25, -0.2) is 8.42 Å². The molecule has 1 saturated heterocycles. The fourth-order valence-electron chi connectivity index (χ4n) is 3.21. The lowest BCUT2D eigenvalue weighted by Gasteiger charge is -2.28. The summed E-state index contributed by atoms with van der Waals surface area (Å²) in [4.78, 5) is 7.48. The molecule has 2 N–H and O–H groups in total. The van der Waals surface area contributed by atoms with Crippen molar-refractivity contribution >= 4 is 39.8 Å². The molecule has 1 aromatic rings. The predicted molar refractivity (Wildman–Crippen MR) is 123 cm³/mol. The fourth-order valence-corrected chi connectivity index (χ4v) is 3.84. The lowest BCUT2D eigenvalue weighted by atomic mass is 9.99. The number of hydrogen-bond acceptors (Lipinski definition) is 4. The molecule has 154 valence electrons. The standard InChI is InChI=1S/C19H32N4O2S.HI/c1-4-20-19(22-14-17-6-5-13-23(2)15-17)21-12-11-16-7-9-18(10-8-16)26(3,24)25;/h7-10,17H,4-6,11-15H2,1-3H3,(H2,20,21,22);1H. The molecule has 1 fully saturated rings. The van der Waals surface area contributed by atoms with Gasteiger partial charge in [-0.3, -0.25) is 4.99 Å². The van der Waals surface area contributed by atoms with Gasteiger partial charge in [-0.2, -0.15) is 0 Å². The van der Waals surface area contributed by atoms with Gasteiger partial charge in [-0.15, -0.1) is 24.0 Å². The Morgan fingerprint density at radius 2 is 1.96 bits per heavy atom. The number of guanidine groups is 1. The van der Waals surface area contributed by atoms with Gasteiger partial charge in [0.1, 0.15) is 0 Å². The van der Waals surface area contributed by atoms with E-state index in [1.807, 2.05) is 12.1 Å².